The van der Waals surface area contributed by atoms with Crippen LogP contribution in [0.5, 0.6) is 6.01 Å². The van der Waals surface area contributed by atoms with Gasteiger partial charge in [0, 0.05) is 20.1 Å². The minimum Gasteiger partial charge on any atom is -0.467 e. The number of hydrogen-bond acceptors (Lipinski definition) is 6. The smallest absolute Gasteiger partial charge is 0.322 e. The molecule has 17 heavy (non-hydrogen) atoms. The van der Waals surface area contributed by atoms with E-state index in [1.165, 1.54) is 0 Å². The summed E-state index contributed by atoms with van der Waals surface area (Å²) in [6, 6.07) is 0.342. The summed E-state index contributed by atoms with van der Waals surface area (Å²) in [5, 5.41) is 3.06. The maximum Gasteiger partial charge on any atom is 0.322 e. The predicted molar refractivity (Wildman–Crippen MR) is 68.7 cm³/mol. The largest absolute Gasteiger partial charge is 0.467 e. The molecule has 0 spiro atoms. The molecular weight excluding hydrogens is 218 g/mol. The SMILES string of the molecule is CCCCN(C)c1nc(NCC)nc(OC)n1. The van der Waals surface area contributed by atoms with Crippen LogP contribution < -0.4 is 15.0 Å². The standard InChI is InChI=1S/C11H21N5O/c1-5-7-8-16(3)10-13-9(12-6-2)14-11(15-10)17-4/h5-8H2,1-4H3,(H,12,13,14,15). The first-order chi connectivity index (χ1) is 8.21. The molecule has 1 aromatic heterocycles. The molecule has 0 bridgehead atoms. The molecule has 0 radical (unpaired) electrons. The van der Waals surface area contributed by atoms with Gasteiger partial charge in [0.2, 0.25) is 11.9 Å². The molecule has 0 aliphatic carbocycles. The van der Waals surface area contributed by atoms with Gasteiger partial charge in [-0.3, -0.25) is 0 Å². The third-order valence-corrected chi connectivity index (χ3v) is 2.31. The van der Waals surface area contributed by atoms with E-state index < -0.39 is 0 Å². The number of ether oxygens (including phenoxy) is 1. The Hall–Kier alpha value is -1.59. The highest BCUT2D eigenvalue weighted by Crippen LogP contribution is 2.13. The van der Waals surface area contributed by atoms with Gasteiger partial charge in [0.15, 0.2) is 0 Å². The summed E-state index contributed by atoms with van der Waals surface area (Å²) in [6.45, 7) is 5.85. The summed E-state index contributed by atoms with van der Waals surface area (Å²) in [6.07, 6.45) is 2.26. The van der Waals surface area contributed by atoms with Crippen molar-refractivity contribution in [1.29, 1.82) is 0 Å². The van der Waals surface area contributed by atoms with Crippen molar-refractivity contribution < 1.29 is 4.74 Å². The van der Waals surface area contributed by atoms with E-state index in [0.717, 1.165) is 25.9 Å². The maximum absolute atomic E-state index is 5.07. The van der Waals surface area contributed by atoms with E-state index in [2.05, 4.69) is 27.2 Å². The predicted octanol–water partition coefficient (Wildman–Crippen LogP) is 1.55. The third-order valence-electron chi connectivity index (χ3n) is 2.31. The molecule has 0 saturated heterocycles. The van der Waals surface area contributed by atoms with Gasteiger partial charge in [-0.2, -0.15) is 15.0 Å². The fourth-order valence-corrected chi connectivity index (χ4v) is 1.34. The van der Waals surface area contributed by atoms with Crippen LogP contribution in [0.3, 0.4) is 0 Å². The zero-order chi connectivity index (χ0) is 12.7. The van der Waals surface area contributed by atoms with E-state index in [-0.39, 0.29) is 0 Å². The Morgan fingerprint density at radius 1 is 1.24 bits per heavy atom. The minimum absolute atomic E-state index is 0.342. The van der Waals surface area contributed by atoms with Crippen molar-refractivity contribution in [2.75, 3.05) is 37.5 Å². The van der Waals surface area contributed by atoms with Crippen LogP contribution in [-0.2, 0) is 0 Å². The lowest BCUT2D eigenvalue weighted by Gasteiger charge is -2.17. The topological polar surface area (TPSA) is 63.2 Å². The van der Waals surface area contributed by atoms with Crippen LogP contribution >= 0.6 is 0 Å². The highest BCUT2D eigenvalue weighted by Gasteiger charge is 2.09. The summed E-state index contributed by atoms with van der Waals surface area (Å²) in [5.74, 6) is 1.19. The van der Waals surface area contributed by atoms with E-state index in [1.807, 2.05) is 18.9 Å². The number of rotatable bonds is 7. The van der Waals surface area contributed by atoms with Gasteiger partial charge < -0.3 is 15.0 Å². The Bertz CT molecular complexity index is 345. The van der Waals surface area contributed by atoms with Crippen LogP contribution in [0.25, 0.3) is 0 Å². The van der Waals surface area contributed by atoms with Gasteiger partial charge in [-0.25, -0.2) is 0 Å². The zero-order valence-corrected chi connectivity index (χ0v) is 11.0. The highest BCUT2D eigenvalue weighted by molar-refractivity contribution is 5.37. The second kappa shape index (κ2) is 6.88. The Morgan fingerprint density at radius 2 is 2.00 bits per heavy atom. The number of unbranched alkanes of at least 4 members (excludes halogenated alkanes) is 1. The lowest BCUT2D eigenvalue weighted by Crippen LogP contribution is -2.22. The lowest BCUT2D eigenvalue weighted by atomic mass is 10.3. The lowest BCUT2D eigenvalue weighted by molar-refractivity contribution is 0.379. The minimum atomic E-state index is 0.342. The zero-order valence-electron chi connectivity index (χ0n) is 11.0. The number of nitrogens with one attached hydrogen (secondary N) is 1. The average Bonchev–Trinajstić information content (AvgIpc) is 2.35. The van der Waals surface area contributed by atoms with Crippen LogP contribution in [0.1, 0.15) is 26.7 Å². The van der Waals surface area contributed by atoms with Crippen molar-refractivity contribution in [3.63, 3.8) is 0 Å². The van der Waals surface area contributed by atoms with Gasteiger partial charge in [-0.1, -0.05) is 13.3 Å². The van der Waals surface area contributed by atoms with Gasteiger partial charge in [0.1, 0.15) is 0 Å². The van der Waals surface area contributed by atoms with Crippen LogP contribution in [0.15, 0.2) is 0 Å². The second-order valence-electron chi connectivity index (χ2n) is 3.75. The Balaban J connectivity index is 2.85. The third kappa shape index (κ3) is 4.05. The van der Waals surface area contributed by atoms with Gasteiger partial charge in [-0.05, 0) is 13.3 Å². The molecule has 6 heteroatoms. The molecule has 1 heterocycles. The first-order valence-electron chi connectivity index (χ1n) is 5.96. The fraction of sp³-hybridized carbons (Fsp3) is 0.727. The highest BCUT2D eigenvalue weighted by atomic mass is 16.5. The molecular formula is C11H21N5O. The molecule has 0 aliphatic rings. The molecule has 1 aromatic rings. The number of hydrogen-bond donors (Lipinski definition) is 1. The molecule has 0 amide bonds. The van der Waals surface area contributed by atoms with Crippen LogP contribution in [0.4, 0.5) is 11.9 Å². The number of nitrogens with zero attached hydrogens (tertiary/aromatic N) is 4. The first-order valence-corrected chi connectivity index (χ1v) is 5.96. The second-order valence-corrected chi connectivity index (χ2v) is 3.75. The molecule has 1 rings (SSSR count). The average molecular weight is 239 g/mol. The molecule has 96 valence electrons. The van der Waals surface area contributed by atoms with Crippen molar-refractivity contribution in [3.8, 4) is 6.01 Å². The quantitative estimate of drug-likeness (QED) is 0.779. The number of anilines is 2. The Morgan fingerprint density at radius 3 is 2.59 bits per heavy atom. The molecule has 6 nitrogen and oxygen atoms in total. The first kappa shape index (κ1) is 13.5. The number of aromatic nitrogens is 3. The van der Waals surface area contributed by atoms with Gasteiger partial charge in [-0.15, -0.1) is 0 Å². The Kier molecular flexibility index (Phi) is 5.45. The van der Waals surface area contributed by atoms with Crippen LogP contribution in [0.2, 0.25) is 0 Å². The van der Waals surface area contributed by atoms with E-state index >= 15 is 0 Å². The van der Waals surface area contributed by atoms with E-state index in [9.17, 15) is 0 Å². The van der Waals surface area contributed by atoms with Crippen molar-refractivity contribution >= 4 is 11.9 Å². The van der Waals surface area contributed by atoms with Crippen molar-refractivity contribution in [1.82, 2.24) is 15.0 Å². The fourth-order valence-electron chi connectivity index (χ4n) is 1.34. The van der Waals surface area contributed by atoms with E-state index in [4.69, 9.17) is 4.74 Å². The molecule has 0 atom stereocenters. The monoisotopic (exact) mass is 239 g/mol. The molecule has 0 saturated carbocycles. The molecule has 1 N–H and O–H groups in total. The van der Waals surface area contributed by atoms with Crippen molar-refractivity contribution in [2.45, 2.75) is 26.7 Å². The summed E-state index contributed by atoms with van der Waals surface area (Å²) >= 11 is 0. The molecule has 0 aliphatic heterocycles. The van der Waals surface area contributed by atoms with Crippen molar-refractivity contribution in [3.05, 3.63) is 0 Å². The molecule has 0 fully saturated rings. The van der Waals surface area contributed by atoms with Gasteiger partial charge in [0.25, 0.3) is 0 Å². The van der Waals surface area contributed by atoms with Gasteiger partial charge >= 0.3 is 6.01 Å². The van der Waals surface area contributed by atoms with Crippen molar-refractivity contribution in [2.24, 2.45) is 0 Å². The molecule has 0 aromatic carbocycles. The van der Waals surface area contributed by atoms with E-state index in [0.29, 0.717) is 17.9 Å². The normalized spacial score (nSPS) is 10.1. The van der Waals surface area contributed by atoms with Crippen LogP contribution in [-0.4, -0.2) is 42.2 Å². The maximum atomic E-state index is 5.07. The summed E-state index contributed by atoms with van der Waals surface area (Å²) in [4.78, 5) is 14.7. The molecule has 0 unspecified atom stereocenters. The summed E-state index contributed by atoms with van der Waals surface area (Å²) < 4.78 is 5.07. The number of methoxy groups -OCH3 is 1. The van der Waals surface area contributed by atoms with Gasteiger partial charge in [0.05, 0.1) is 7.11 Å². The van der Waals surface area contributed by atoms with E-state index in [1.54, 1.807) is 7.11 Å². The Labute approximate surface area is 102 Å². The van der Waals surface area contributed by atoms with Crippen LogP contribution in [0, 0.1) is 0 Å². The summed E-state index contributed by atoms with van der Waals surface area (Å²) in [7, 11) is 3.53. The summed E-state index contributed by atoms with van der Waals surface area (Å²) in [5.41, 5.74) is 0.